The molecule has 4 nitrogen and oxygen atoms in total. The first kappa shape index (κ1) is 10.1. The van der Waals surface area contributed by atoms with Crippen LogP contribution in [-0.4, -0.2) is 29.1 Å². The average Bonchev–Trinajstić information content (AvgIpc) is 2.76. The van der Waals surface area contributed by atoms with E-state index in [2.05, 4.69) is 10.3 Å². The van der Waals surface area contributed by atoms with E-state index < -0.39 is 0 Å². The van der Waals surface area contributed by atoms with Crippen LogP contribution in [0.5, 0.6) is 0 Å². The molecule has 0 amide bonds. The molecule has 1 saturated heterocycles. The maximum absolute atomic E-state index is 6.07. The van der Waals surface area contributed by atoms with E-state index in [1.54, 1.807) is 0 Å². The summed E-state index contributed by atoms with van der Waals surface area (Å²) in [5.41, 5.74) is 1.78. The molecule has 1 atom stereocenters. The van der Waals surface area contributed by atoms with E-state index in [1.807, 2.05) is 28.9 Å². The zero-order valence-corrected chi connectivity index (χ0v) is 9.44. The Kier molecular flexibility index (Phi) is 2.55. The van der Waals surface area contributed by atoms with E-state index in [-0.39, 0.29) is 6.04 Å². The number of morpholine rings is 1. The lowest BCUT2D eigenvalue weighted by Crippen LogP contribution is -2.34. The minimum Gasteiger partial charge on any atom is -0.378 e. The second-order valence-corrected chi connectivity index (χ2v) is 4.24. The summed E-state index contributed by atoms with van der Waals surface area (Å²) in [6.45, 7) is 2.30. The maximum atomic E-state index is 6.07. The number of hydrogen-bond acceptors (Lipinski definition) is 3. The van der Waals surface area contributed by atoms with Crippen molar-refractivity contribution in [3.05, 3.63) is 35.2 Å². The third-order valence-electron chi connectivity index (χ3n) is 2.73. The number of fused-ring (bicyclic) bond motifs is 1. The van der Waals surface area contributed by atoms with Crippen molar-refractivity contribution in [2.75, 3.05) is 19.8 Å². The normalized spacial score (nSPS) is 21.4. The molecule has 0 aromatic carbocycles. The van der Waals surface area contributed by atoms with Gasteiger partial charge in [-0.3, -0.25) is 0 Å². The van der Waals surface area contributed by atoms with Crippen LogP contribution in [0.4, 0.5) is 0 Å². The van der Waals surface area contributed by atoms with Crippen LogP contribution in [0.15, 0.2) is 24.5 Å². The van der Waals surface area contributed by atoms with Crippen LogP contribution in [0, 0.1) is 0 Å². The molecule has 3 rings (SSSR count). The molecule has 0 saturated carbocycles. The molecule has 5 heteroatoms. The Morgan fingerprint density at radius 2 is 2.50 bits per heavy atom. The predicted octanol–water partition coefficient (Wildman–Crippen LogP) is 1.65. The molecule has 0 aliphatic carbocycles. The van der Waals surface area contributed by atoms with Gasteiger partial charge in [0.25, 0.3) is 0 Å². The topological polar surface area (TPSA) is 38.6 Å². The van der Waals surface area contributed by atoms with E-state index in [1.165, 1.54) is 0 Å². The number of pyridine rings is 1. The molecule has 2 aromatic heterocycles. The molecule has 1 aliphatic rings. The fraction of sp³-hybridized carbons (Fsp3) is 0.364. The van der Waals surface area contributed by atoms with Crippen LogP contribution in [0.1, 0.15) is 11.7 Å². The van der Waals surface area contributed by atoms with E-state index >= 15 is 0 Å². The Labute approximate surface area is 98.2 Å². The maximum Gasteiger partial charge on any atom is 0.155 e. The SMILES string of the molecule is Clc1cccn2cc(C3COCCN3)nc12. The fourth-order valence-corrected chi connectivity index (χ4v) is 2.13. The Morgan fingerprint density at radius 1 is 1.56 bits per heavy atom. The standard InChI is InChI=1S/C11H12ClN3O/c12-8-2-1-4-15-6-9(14-11(8)15)10-7-16-5-3-13-10/h1-2,4,6,10,13H,3,5,7H2. The number of imidazole rings is 1. The molecular weight excluding hydrogens is 226 g/mol. The van der Waals surface area contributed by atoms with E-state index in [0.717, 1.165) is 24.5 Å². The first-order valence-corrected chi connectivity index (χ1v) is 5.66. The molecule has 0 bridgehead atoms. The van der Waals surface area contributed by atoms with E-state index in [9.17, 15) is 0 Å². The summed E-state index contributed by atoms with van der Waals surface area (Å²) in [4.78, 5) is 4.52. The van der Waals surface area contributed by atoms with Gasteiger partial charge in [-0.1, -0.05) is 11.6 Å². The van der Waals surface area contributed by atoms with Crippen LogP contribution in [0.25, 0.3) is 5.65 Å². The molecule has 1 fully saturated rings. The first-order valence-electron chi connectivity index (χ1n) is 5.29. The largest absolute Gasteiger partial charge is 0.378 e. The molecular formula is C11H12ClN3O. The monoisotopic (exact) mass is 237 g/mol. The minimum absolute atomic E-state index is 0.171. The van der Waals surface area contributed by atoms with Crippen molar-refractivity contribution >= 4 is 17.2 Å². The number of hydrogen-bond donors (Lipinski definition) is 1. The minimum atomic E-state index is 0.171. The second kappa shape index (κ2) is 4.05. The number of ether oxygens (including phenoxy) is 1. The van der Waals surface area contributed by atoms with Crippen molar-refractivity contribution in [3.8, 4) is 0 Å². The van der Waals surface area contributed by atoms with Crippen molar-refractivity contribution in [3.63, 3.8) is 0 Å². The molecule has 84 valence electrons. The predicted molar refractivity (Wildman–Crippen MR) is 61.8 cm³/mol. The zero-order valence-electron chi connectivity index (χ0n) is 8.69. The quantitative estimate of drug-likeness (QED) is 0.820. The highest BCUT2D eigenvalue weighted by Gasteiger charge is 2.18. The summed E-state index contributed by atoms with van der Waals surface area (Å²) >= 11 is 6.07. The van der Waals surface area contributed by atoms with Crippen LogP contribution < -0.4 is 5.32 Å². The molecule has 1 unspecified atom stereocenters. The Bertz CT molecular complexity index is 505. The molecule has 0 radical (unpaired) electrons. The molecule has 0 spiro atoms. The summed E-state index contributed by atoms with van der Waals surface area (Å²) in [5, 5.41) is 4.04. The van der Waals surface area contributed by atoms with Gasteiger partial charge in [-0.2, -0.15) is 0 Å². The van der Waals surface area contributed by atoms with Crippen molar-refractivity contribution in [2.45, 2.75) is 6.04 Å². The van der Waals surface area contributed by atoms with Gasteiger partial charge >= 0.3 is 0 Å². The molecule has 16 heavy (non-hydrogen) atoms. The third kappa shape index (κ3) is 1.69. The zero-order chi connectivity index (χ0) is 11.0. The number of nitrogens with one attached hydrogen (secondary N) is 1. The van der Waals surface area contributed by atoms with Gasteiger partial charge in [-0.15, -0.1) is 0 Å². The number of rotatable bonds is 1. The molecule has 3 heterocycles. The van der Waals surface area contributed by atoms with Gasteiger partial charge in [0.1, 0.15) is 0 Å². The number of halogens is 1. The van der Waals surface area contributed by atoms with Crippen molar-refractivity contribution in [1.82, 2.24) is 14.7 Å². The summed E-state index contributed by atoms with van der Waals surface area (Å²) in [7, 11) is 0. The summed E-state index contributed by atoms with van der Waals surface area (Å²) in [5.74, 6) is 0. The van der Waals surface area contributed by atoms with Crippen LogP contribution in [0.3, 0.4) is 0 Å². The third-order valence-corrected chi connectivity index (χ3v) is 3.03. The summed E-state index contributed by atoms with van der Waals surface area (Å²) in [6, 6.07) is 3.93. The smallest absolute Gasteiger partial charge is 0.155 e. The lowest BCUT2D eigenvalue weighted by molar-refractivity contribution is 0.0758. The first-order chi connectivity index (χ1) is 7.84. The van der Waals surface area contributed by atoms with Gasteiger partial charge in [0, 0.05) is 18.9 Å². The van der Waals surface area contributed by atoms with Crippen molar-refractivity contribution < 1.29 is 4.74 Å². The highest BCUT2D eigenvalue weighted by Crippen LogP contribution is 2.20. The van der Waals surface area contributed by atoms with E-state index in [0.29, 0.717) is 11.6 Å². The number of aromatic nitrogens is 2. The lowest BCUT2D eigenvalue weighted by Gasteiger charge is -2.21. The van der Waals surface area contributed by atoms with Crippen molar-refractivity contribution in [1.29, 1.82) is 0 Å². The van der Waals surface area contributed by atoms with E-state index in [4.69, 9.17) is 16.3 Å². The van der Waals surface area contributed by atoms with Crippen LogP contribution >= 0.6 is 11.6 Å². The average molecular weight is 238 g/mol. The molecule has 1 N–H and O–H groups in total. The molecule has 1 aliphatic heterocycles. The highest BCUT2D eigenvalue weighted by atomic mass is 35.5. The van der Waals surface area contributed by atoms with Gasteiger partial charge in [-0.25, -0.2) is 4.98 Å². The molecule has 2 aromatic rings. The summed E-state index contributed by atoms with van der Waals surface area (Å²) in [6.07, 6.45) is 3.94. The fourth-order valence-electron chi connectivity index (χ4n) is 1.92. The summed E-state index contributed by atoms with van der Waals surface area (Å²) < 4.78 is 7.36. The second-order valence-electron chi connectivity index (χ2n) is 3.83. The highest BCUT2D eigenvalue weighted by molar-refractivity contribution is 6.33. The van der Waals surface area contributed by atoms with Crippen LogP contribution in [0.2, 0.25) is 5.02 Å². The Balaban J connectivity index is 2.01. The van der Waals surface area contributed by atoms with Crippen molar-refractivity contribution in [2.24, 2.45) is 0 Å². The van der Waals surface area contributed by atoms with Gasteiger partial charge in [-0.05, 0) is 12.1 Å². The van der Waals surface area contributed by atoms with Gasteiger partial charge < -0.3 is 14.5 Å². The Morgan fingerprint density at radius 3 is 3.25 bits per heavy atom. The lowest BCUT2D eigenvalue weighted by atomic mass is 10.2. The van der Waals surface area contributed by atoms with Gasteiger partial charge in [0.2, 0.25) is 0 Å². The Hall–Kier alpha value is -1.10. The van der Waals surface area contributed by atoms with Gasteiger partial charge in [0.15, 0.2) is 5.65 Å². The number of nitrogens with zero attached hydrogens (tertiary/aromatic N) is 2. The van der Waals surface area contributed by atoms with Gasteiger partial charge in [0.05, 0.1) is 30.0 Å². The van der Waals surface area contributed by atoms with Crippen LogP contribution in [-0.2, 0) is 4.74 Å².